The highest BCUT2D eigenvalue weighted by atomic mass is 19.4. The number of carbonyl (C=O) groups is 1. The van der Waals surface area contributed by atoms with Gasteiger partial charge in [0.25, 0.3) is 0 Å². The highest BCUT2D eigenvalue weighted by Gasteiger charge is 2.48. The molecule has 4 bridgehead atoms. The van der Waals surface area contributed by atoms with Crippen molar-refractivity contribution in [3.63, 3.8) is 0 Å². The Kier molecular flexibility index (Phi) is 4.63. The molecule has 4 saturated carbocycles. The maximum absolute atomic E-state index is 12.7. The van der Waals surface area contributed by atoms with Crippen LogP contribution in [0.3, 0.4) is 0 Å². The summed E-state index contributed by atoms with van der Waals surface area (Å²) in [5.41, 5.74) is 0. The van der Waals surface area contributed by atoms with Crippen LogP contribution in [0.15, 0.2) is 0 Å². The molecule has 0 spiro atoms. The lowest BCUT2D eigenvalue weighted by molar-refractivity contribution is -0.145. The van der Waals surface area contributed by atoms with E-state index in [1.807, 2.05) is 0 Å². The standard InChI is InChI=1S/C18H28F3N3O/c19-18(20,21)11-23-2-1-3-24(5-4-23)17(25)22-16-14-7-12-6-13(9-14)10-15(16)8-12/h12-16H,1-11H2,(H,22,25). The van der Waals surface area contributed by atoms with Crippen molar-refractivity contribution in [2.75, 3.05) is 32.7 Å². The molecule has 1 saturated heterocycles. The van der Waals surface area contributed by atoms with Crippen LogP contribution in [-0.4, -0.2) is 60.8 Å². The van der Waals surface area contributed by atoms with E-state index in [-0.39, 0.29) is 12.1 Å². The molecule has 0 unspecified atom stereocenters. The van der Waals surface area contributed by atoms with E-state index in [1.54, 1.807) is 4.90 Å². The molecule has 4 nitrogen and oxygen atoms in total. The van der Waals surface area contributed by atoms with Gasteiger partial charge in [-0.2, -0.15) is 13.2 Å². The normalized spacial score (nSPS) is 38.7. The van der Waals surface area contributed by atoms with Gasteiger partial charge in [-0.3, -0.25) is 4.90 Å². The molecule has 7 heteroatoms. The van der Waals surface area contributed by atoms with Crippen LogP contribution in [0.1, 0.15) is 38.5 Å². The van der Waals surface area contributed by atoms with E-state index in [1.165, 1.54) is 37.0 Å². The van der Waals surface area contributed by atoms with Gasteiger partial charge in [0.1, 0.15) is 0 Å². The molecular formula is C18H28F3N3O. The molecule has 0 atom stereocenters. The molecule has 2 amide bonds. The maximum Gasteiger partial charge on any atom is 0.401 e. The largest absolute Gasteiger partial charge is 0.401 e. The zero-order valence-corrected chi connectivity index (χ0v) is 14.6. The molecule has 1 N–H and O–H groups in total. The maximum atomic E-state index is 12.7. The van der Waals surface area contributed by atoms with Crippen molar-refractivity contribution in [2.45, 2.75) is 50.7 Å². The van der Waals surface area contributed by atoms with Gasteiger partial charge in [0.15, 0.2) is 0 Å². The first-order valence-corrected chi connectivity index (χ1v) is 9.72. The average molecular weight is 359 g/mol. The number of rotatable bonds is 2. The minimum atomic E-state index is -4.17. The number of nitrogens with one attached hydrogen (secondary N) is 1. The molecule has 0 aromatic rings. The van der Waals surface area contributed by atoms with Gasteiger partial charge in [0.05, 0.1) is 6.54 Å². The first-order chi connectivity index (χ1) is 11.9. The smallest absolute Gasteiger partial charge is 0.335 e. The third-order valence-corrected chi connectivity index (χ3v) is 6.80. The molecule has 4 aliphatic carbocycles. The summed E-state index contributed by atoms with van der Waals surface area (Å²) in [5, 5.41) is 3.27. The fraction of sp³-hybridized carbons (Fsp3) is 0.944. The number of amides is 2. The highest BCUT2D eigenvalue weighted by Crippen LogP contribution is 2.53. The summed E-state index contributed by atoms with van der Waals surface area (Å²) in [6.45, 7) is 0.761. The number of hydrogen-bond acceptors (Lipinski definition) is 2. The SMILES string of the molecule is O=C(NC1C2CC3CC(C2)CC1C3)N1CCCN(CC(F)(F)F)CC1. The number of alkyl halides is 3. The van der Waals surface area contributed by atoms with E-state index in [9.17, 15) is 18.0 Å². The summed E-state index contributed by atoms with van der Waals surface area (Å²) in [7, 11) is 0. The Hall–Kier alpha value is -0.980. The number of urea groups is 1. The van der Waals surface area contributed by atoms with E-state index >= 15 is 0 Å². The molecule has 0 aromatic heterocycles. The highest BCUT2D eigenvalue weighted by molar-refractivity contribution is 5.74. The Balaban J connectivity index is 1.31. The Bertz CT molecular complexity index is 482. The summed E-state index contributed by atoms with van der Waals surface area (Å²) in [6.07, 6.45) is 2.81. The predicted molar refractivity (Wildman–Crippen MR) is 88.0 cm³/mol. The minimum Gasteiger partial charge on any atom is -0.335 e. The van der Waals surface area contributed by atoms with Gasteiger partial charge >= 0.3 is 12.2 Å². The zero-order valence-electron chi connectivity index (χ0n) is 14.6. The molecule has 142 valence electrons. The van der Waals surface area contributed by atoms with Gasteiger partial charge in [-0.05, 0) is 62.2 Å². The number of nitrogens with zero attached hydrogens (tertiary/aromatic N) is 2. The van der Waals surface area contributed by atoms with Gasteiger partial charge in [0.2, 0.25) is 0 Å². The molecule has 5 rings (SSSR count). The number of carbonyl (C=O) groups excluding carboxylic acids is 1. The Morgan fingerprint density at radius 3 is 2.16 bits per heavy atom. The fourth-order valence-electron chi connectivity index (χ4n) is 5.98. The first-order valence-electron chi connectivity index (χ1n) is 9.72. The molecule has 25 heavy (non-hydrogen) atoms. The van der Waals surface area contributed by atoms with Crippen LogP contribution in [0, 0.1) is 23.7 Å². The molecule has 0 aromatic carbocycles. The monoisotopic (exact) mass is 359 g/mol. The van der Waals surface area contributed by atoms with Crippen LogP contribution < -0.4 is 5.32 Å². The van der Waals surface area contributed by atoms with E-state index in [4.69, 9.17) is 0 Å². The lowest BCUT2D eigenvalue weighted by Crippen LogP contribution is -2.58. The van der Waals surface area contributed by atoms with E-state index in [0.717, 1.165) is 11.8 Å². The average Bonchev–Trinajstić information content (AvgIpc) is 2.74. The summed E-state index contributed by atoms with van der Waals surface area (Å²) >= 11 is 0. The molecule has 1 heterocycles. The fourth-order valence-corrected chi connectivity index (χ4v) is 5.98. The lowest BCUT2D eigenvalue weighted by atomic mass is 9.54. The lowest BCUT2D eigenvalue weighted by Gasteiger charge is -2.54. The van der Waals surface area contributed by atoms with Crippen LogP contribution >= 0.6 is 0 Å². The van der Waals surface area contributed by atoms with Crippen LogP contribution in [0.25, 0.3) is 0 Å². The number of halogens is 3. The van der Waals surface area contributed by atoms with E-state index < -0.39 is 12.7 Å². The molecular weight excluding hydrogens is 331 g/mol. The van der Waals surface area contributed by atoms with Crippen molar-refractivity contribution in [2.24, 2.45) is 23.7 Å². The topological polar surface area (TPSA) is 35.6 Å². The second-order valence-corrected chi connectivity index (χ2v) is 8.64. The van der Waals surface area contributed by atoms with Crippen molar-refractivity contribution in [1.82, 2.24) is 15.1 Å². The van der Waals surface area contributed by atoms with Gasteiger partial charge in [-0.15, -0.1) is 0 Å². The predicted octanol–water partition coefficient (Wildman–Crippen LogP) is 3.09. The van der Waals surface area contributed by atoms with Gasteiger partial charge in [0, 0.05) is 32.2 Å². The summed E-state index contributed by atoms with van der Waals surface area (Å²) in [6, 6.07) is 0.223. The summed E-state index contributed by atoms with van der Waals surface area (Å²) in [4.78, 5) is 15.8. The molecule has 0 radical (unpaired) electrons. The minimum absolute atomic E-state index is 0.0636. The summed E-state index contributed by atoms with van der Waals surface area (Å²) < 4.78 is 37.7. The quantitative estimate of drug-likeness (QED) is 0.822. The van der Waals surface area contributed by atoms with Crippen molar-refractivity contribution in [3.8, 4) is 0 Å². The van der Waals surface area contributed by atoms with Crippen LogP contribution in [0.5, 0.6) is 0 Å². The van der Waals surface area contributed by atoms with Crippen LogP contribution in [0.4, 0.5) is 18.0 Å². The van der Waals surface area contributed by atoms with Crippen LogP contribution in [0.2, 0.25) is 0 Å². The van der Waals surface area contributed by atoms with Crippen LogP contribution in [-0.2, 0) is 0 Å². The summed E-state index contributed by atoms with van der Waals surface area (Å²) in [5.74, 6) is 2.97. The van der Waals surface area contributed by atoms with E-state index in [2.05, 4.69) is 5.32 Å². The Labute approximate surface area is 147 Å². The molecule has 5 aliphatic rings. The second-order valence-electron chi connectivity index (χ2n) is 8.64. The zero-order chi connectivity index (χ0) is 17.6. The van der Waals surface area contributed by atoms with Gasteiger partial charge < -0.3 is 10.2 Å². The first kappa shape index (κ1) is 17.4. The molecule has 5 fully saturated rings. The second kappa shape index (κ2) is 6.63. The Morgan fingerprint density at radius 1 is 0.920 bits per heavy atom. The van der Waals surface area contributed by atoms with Crippen molar-refractivity contribution < 1.29 is 18.0 Å². The van der Waals surface area contributed by atoms with Crippen molar-refractivity contribution in [3.05, 3.63) is 0 Å². The Morgan fingerprint density at radius 2 is 1.56 bits per heavy atom. The van der Waals surface area contributed by atoms with Crippen molar-refractivity contribution in [1.29, 1.82) is 0 Å². The number of hydrogen-bond donors (Lipinski definition) is 1. The van der Waals surface area contributed by atoms with Crippen molar-refractivity contribution >= 4 is 6.03 Å². The third-order valence-electron chi connectivity index (χ3n) is 6.80. The third kappa shape index (κ3) is 3.91. The molecule has 1 aliphatic heterocycles. The van der Waals surface area contributed by atoms with Gasteiger partial charge in [-0.25, -0.2) is 4.79 Å². The van der Waals surface area contributed by atoms with E-state index in [0.29, 0.717) is 44.4 Å². The van der Waals surface area contributed by atoms with Gasteiger partial charge in [-0.1, -0.05) is 0 Å².